The van der Waals surface area contributed by atoms with Gasteiger partial charge in [0.1, 0.15) is 0 Å². The maximum atomic E-state index is 5.79. The summed E-state index contributed by atoms with van der Waals surface area (Å²) in [6.07, 6.45) is 3.36. The highest BCUT2D eigenvalue weighted by Gasteiger charge is 2.27. The Morgan fingerprint density at radius 1 is 1.36 bits per heavy atom. The summed E-state index contributed by atoms with van der Waals surface area (Å²) in [6.45, 7) is 1.81. The minimum atomic E-state index is -0.576. The van der Waals surface area contributed by atoms with Crippen molar-refractivity contribution in [2.45, 2.75) is 18.5 Å². The molecule has 0 aliphatic heterocycles. The van der Waals surface area contributed by atoms with Crippen LogP contribution in [0, 0.1) is 0 Å². The Balaban J connectivity index is 2.98. The van der Waals surface area contributed by atoms with E-state index in [0.717, 1.165) is 0 Å². The van der Waals surface area contributed by atoms with Crippen LogP contribution in [0.3, 0.4) is 0 Å². The normalized spacial score (nSPS) is 37.9. The van der Waals surface area contributed by atoms with Gasteiger partial charge in [0, 0.05) is 6.04 Å². The summed E-state index contributed by atoms with van der Waals surface area (Å²) in [7, 11) is 0. The minimum Gasteiger partial charge on any atom is -0.397 e. The van der Waals surface area contributed by atoms with Crippen LogP contribution in [-0.4, -0.2) is 11.6 Å². The highest BCUT2D eigenvalue weighted by Crippen LogP contribution is 2.17. The average Bonchev–Trinajstić information content (AvgIpc) is 1.83. The third-order valence-electron chi connectivity index (χ3n) is 1.88. The van der Waals surface area contributed by atoms with Gasteiger partial charge in [-0.2, -0.15) is 0 Å². The fourth-order valence-electron chi connectivity index (χ4n) is 0.984. The van der Waals surface area contributed by atoms with E-state index < -0.39 is 5.54 Å². The van der Waals surface area contributed by atoms with Gasteiger partial charge in [-0.05, 0) is 19.1 Å². The van der Waals surface area contributed by atoms with Crippen molar-refractivity contribution in [2.75, 3.05) is 0 Å². The Hall–Kier alpha value is -1.00. The van der Waals surface area contributed by atoms with Crippen LogP contribution < -0.4 is 22.9 Å². The van der Waals surface area contributed by atoms with Gasteiger partial charge in [-0.3, -0.25) is 0 Å². The molecular weight excluding hydrogens is 140 g/mol. The lowest BCUT2D eigenvalue weighted by atomic mass is 9.88. The Kier molecular flexibility index (Phi) is 1.66. The summed E-state index contributed by atoms with van der Waals surface area (Å²) < 4.78 is 0. The van der Waals surface area contributed by atoms with Crippen molar-refractivity contribution in [1.29, 1.82) is 0 Å². The van der Waals surface area contributed by atoms with Gasteiger partial charge in [0.15, 0.2) is 0 Å². The minimum absolute atomic E-state index is 0.255. The molecule has 0 saturated carbocycles. The summed E-state index contributed by atoms with van der Waals surface area (Å²) in [4.78, 5) is 0. The van der Waals surface area contributed by atoms with Gasteiger partial charge in [-0.1, -0.05) is 0 Å². The second kappa shape index (κ2) is 2.25. The van der Waals surface area contributed by atoms with E-state index in [0.29, 0.717) is 11.4 Å². The van der Waals surface area contributed by atoms with Gasteiger partial charge >= 0.3 is 0 Å². The first-order valence-electron chi connectivity index (χ1n) is 3.44. The van der Waals surface area contributed by atoms with E-state index in [4.69, 9.17) is 22.9 Å². The Morgan fingerprint density at radius 3 is 2.36 bits per heavy atom. The van der Waals surface area contributed by atoms with Gasteiger partial charge in [0.05, 0.1) is 16.9 Å². The zero-order chi connectivity index (χ0) is 8.65. The third kappa shape index (κ3) is 1.36. The molecule has 11 heavy (non-hydrogen) atoms. The first-order chi connectivity index (χ1) is 4.93. The van der Waals surface area contributed by atoms with E-state index in [9.17, 15) is 0 Å². The van der Waals surface area contributed by atoms with E-state index in [-0.39, 0.29) is 6.04 Å². The van der Waals surface area contributed by atoms with Crippen LogP contribution in [0.5, 0.6) is 0 Å². The fraction of sp³-hybridized carbons (Fsp3) is 0.429. The lowest BCUT2D eigenvalue weighted by Crippen LogP contribution is -2.53. The van der Waals surface area contributed by atoms with E-state index in [1.165, 1.54) is 0 Å². The molecule has 2 unspecified atom stereocenters. The van der Waals surface area contributed by atoms with E-state index in [1.807, 2.05) is 6.92 Å². The number of hydrogen-bond acceptors (Lipinski definition) is 4. The van der Waals surface area contributed by atoms with Crippen LogP contribution in [0.4, 0.5) is 0 Å². The molecule has 0 amide bonds. The highest BCUT2D eigenvalue weighted by molar-refractivity contribution is 5.37. The average molecular weight is 154 g/mol. The highest BCUT2D eigenvalue weighted by atomic mass is 14.9. The monoisotopic (exact) mass is 154 g/mol. The molecule has 0 aromatic heterocycles. The van der Waals surface area contributed by atoms with E-state index in [2.05, 4.69) is 0 Å². The summed E-state index contributed by atoms with van der Waals surface area (Å²) in [5.74, 6) is 0. The van der Waals surface area contributed by atoms with Gasteiger partial charge in [0.25, 0.3) is 0 Å². The molecule has 4 heteroatoms. The zero-order valence-electron chi connectivity index (χ0n) is 6.54. The SMILES string of the molecule is CC1(N)C=C(N)C(N)=CC1N. The zero-order valence-corrected chi connectivity index (χ0v) is 6.54. The van der Waals surface area contributed by atoms with E-state index >= 15 is 0 Å². The van der Waals surface area contributed by atoms with Crippen molar-refractivity contribution >= 4 is 0 Å². The van der Waals surface area contributed by atoms with Crippen molar-refractivity contribution in [1.82, 2.24) is 0 Å². The van der Waals surface area contributed by atoms with Crippen LogP contribution in [-0.2, 0) is 0 Å². The van der Waals surface area contributed by atoms with Crippen molar-refractivity contribution in [2.24, 2.45) is 22.9 Å². The molecule has 8 N–H and O–H groups in total. The van der Waals surface area contributed by atoms with Crippen LogP contribution in [0.2, 0.25) is 0 Å². The fourth-order valence-corrected chi connectivity index (χ4v) is 0.984. The molecule has 62 valence electrons. The van der Waals surface area contributed by atoms with Crippen molar-refractivity contribution in [3.63, 3.8) is 0 Å². The predicted octanol–water partition coefficient (Wildman–Crippen LogP) is -1.27. The molecule has 2 atom stereocenters. The molecule has 0 saturated heterocycles. The maximum Gasteiger partial charge on any atom is 0.0524 e. The van der Waals surface area contributed by atoms with Crippen LogP contribution in [0.1, 0.15) is 6.92 Å². The maximum absolute atomic E-state index is 5.79. The molecule has 0 fully saturated rings. The third-order valence-corrected chi connectivity index (χ3v) is 1.88. The molecule has 0 aromatic carbocycles. The Labute approximate surface area is 65.9 Å². The second-order valence-corrected chi connectivity index (χ2v) is 3.11. The summed E-state index contributed by atoms with van der Waals surface area (Å²) in [5.41, 5.74) is 23.0. The smallest absolute Gasteiger partial charge is 0.0524 e. The first-order valence-corrected chi connectivity index (χ1v) is 3.44. The summed E-state index contributed by atoms with van der Waals surface area (Å²) in [5, 5.41) is 0. The lowest BCUT2D eigenvalue weighted by Gasteiger charge is -2.30. The summed E-state index contributed by atoms with van der Waals surface area (Å²) in [6, 6.07) is -0.255. The van der Waals surface area contributed by atoms with Crippen molar-refractivity contribution < 1.29 is 0 Å². The molecule has 1 aliphatic rings. The van der Waals surface area contributed by atoms with Gasteiger partial charge in [-0.15, -0.1) is 0 Å². The number of nitrogens with two attached hydrogens (primary N) is 4. The largest absolute Gasteiger partial charge is 0.397 e. The molecule has 1 aliphatic carbocycles. The topological polar surface area (TPSA) is 104 Å². The van der Waals surface area contributed by atoms with E-state index in [1.54, 1.807) is 12.2 Å². The van der Waals surface area contributed by atoms with Crippen molar-refractivity contribution in [3.8, 4) is 0 Å². The van der Waals surface area contributed by atoms with Gasteiger partial charge < -0.3 is 22.9 Å². The molecule has 4 nitrogen and oxygen atoms in total. The second-order valence-electron chi connectivity index (χ2n) is 3.11. The summed E-state index contributed by atoms with van der Waals surface area (Å²) >= 11 is 0. The standard InChI is InChI=1S/C7H14N4/c1-7(11)3-5(9)4(8)2-6(7)10/h2-3,6H,8-11H2,1H3. The molecular formula is C7H14N4. The van der Waals surface area contributed by atoms with Gasteiger partial charge in [-0.25, -0.2) is 0 Å². The van der Waals surface area contributed by atoms with Gasteiger partial charge in [0.2, 0.25) is 0 Å². The lowest BCUT2D eigenvalue weighted by molar-refractivity contribution is 0.506. The molecule has 0 heterocycles. The molecule has 1 rings (SSSR count). The molecule has 0 bridgehead atoms. The number of rotatable bonds is 0. The molecule has 0 radical (unpaired) electrons. The predicted molar refractivity (Wildman–Crippen MR) is 45.1 cm³/mol. The Morgan fingerprint density at radius 2 is 1.91 bits per heavy atom. The molecule has 0 spiro atoms. The van der Waals surface area contributed by atoms with Crippen molar-refractivity contribution in [3.05, 3.63) is 23.5 Å². The van der Waals surface area contributed by atoms with Crippen LogP contribution >= 0.6 is 0 Å². The van der Waals surface area contributed by atoms with Crippen LogP contribution in [0.15, 0.2) is 23.5 Å². The van der Waals surface area contributed by atoms with Crippen LogP contribution in [0.25, 0.3) is 0 Å². The quantitative estimate of drug-likeness (QED) is 0.349. The first kappa shape index (κ1) is 8.10. The Bertz CT molecular complexity index is 227. The number of hydrogen-bond donors (Lipinski definition) is 4. The molecule has 0 aromatic rings.